The van der Waals surface area contributed by atoms with E-state index in [1.165, 1.54) is 11.8 Å². The molecule has 2 nitrogen and oxygen atoms in total. The van der Waals surface area contributed by atoms with Crippen molar-refractivity contribution in [2.24, 2.45) is 0 Å². The number of hydrogen-bond donors (Lipinski definition) is 0. The third kappa shape index (κ3) is 4.53. The first-order chi connectivity index (χ1) is 9.06. The number of halogens is 3. The minimum Gasteiger partial charge on any atom is -0.226 e. The van der Waals surface area contributed by atoms with Crippen LogP contribution >= 0.6 is 46.6 Å². The Morgan fingerprint density at radius 1 is 1.00 bits per heavy atom. The van der Waals surface area contributed by atoms with E-state index in [2.05, 4.69) is 16.9 Å². The minimum atomic E-state index is 0.453. The molecule has 0 saturated carbocycles. The third-order valence-electron chi connectivity index (χ3n) is 2.25. The monoisotopic (exact) mass is 332 g/mol. The minimum absolute atomic E-state index is 0.453. The highest BCUT2D eigenvalue weighted by Crippen LogP contribution is 2.31. The standard InChI is InChI=1S/C13H11Cl3N2S/c1-2-3-12-17-11(16)7-13(18-12)19-10-5-8(14)4-9(15)6-10/h4-7H,2-3H2,1H3. The Hall–Kier alpha value is -0.480. The van der Waals surface area contributed by atoms with Gasteiger partial charge in [0.1, 0.15) is 16.0 Å². The molecule has 0 saturated heterocycles. The van der Waals surface area contributed by atoms with Crippen LogP contribution in [0.15, 0.2) is 34.2 Å². The van der Waals surface area contributed by atoms with Crippen molar-refractivity contribution in [2.45, 2.75) is 29.7 Å². The van der Waals surface area contributed by atoms with Crippen LogP contribution in [0.4, 0.5) is 0 Å². The van der Waals surface area contributed by atoms with Crippen molar-refractivity contribution >= 4 is 46.6 Å². The maximum absolute atomic E-state index is 6.00. The number of benzene rings is 1. The highest BCUT2D eigenvalue weighted by atomic mass is 35.5. The molecule has 0 amide bonds. The summed E-state index contributed by atoms with van der Waals surface area (Å²) in [6, 6.07) is 7.12. The zero-order valence-corrected chi connectivity index (χ0v) is 13.2. The number of hydrogen-bond acceptors (Lipinski definition) is 3. The second-order valence-electron chi connectivity index (χ2n) is 3.90. The zero-order valence-electron chi connectivity index (χ0n) is 10.2. The Kier molecular flexibility index (Phi) is 5.34. The van der Waals surface area contributed by atoms with Gasteiger partial charge in [-0.3, -0.25) is 0 Å². The molecule has 1 heterocycles. The van der Waals surface area contributed by atoms with E-state index in [1.54, 1.807) is 12.1 Å². The number of nitrogens with zero attached hydrogens (tertiary/aromatic N) is 2. The fourth-order valence-electron chi connectivity index (χ4n) is 1.54. The van der Waals surface area contributed by atoms with Crippen LogP contribution in [0.5, 0.6) is 0 Å². The van der Waals surface area contributed by atoms with E-state index >= 15 is 0 Å². The van der Waals surface area contributed by atoms with E-state index in [-0.39, 0.29) is 0 Å². The lowest BCUT2D eigenvalue weighted by Gasteiger charge is -2.05. The van der Waals surface area contributed by atoms with E-state index in [9.17, 15) is 0 Å². The number of rotatable bonds is 4. The lowest BCUT2D eigenvalue weighted by molar-refractivity contribution is 0.810. The molecule has 0 bridgehead atoms. The van der Waals surface area contributed by atoms with Crippen molar-refractivity contribution < 1.29 is 0 Å². The van der Waals surface area contributed by atoms with Gasteiger partial charge in [-0.15, -0.1) is 0 Å². The lowest BCUT2D eigenvalue weighted by Crippen LogP contribution is -1.96. The van der Waals surface area contributed by atoms with Crippen LogP contribution in [0.2, 0.25) is 15.2 Å². The van der Waals surface area contributed by atoms with Crippen LogP contribution in [-0.2, 0) is 6.42 Å². The van der Waals surface area contributed by atoms with E-state index in [4.69, 9.17) is 34.8 Å². The van der Waals surface area contributed by atoms with E-state index in [0.29, 0.717) is 15.2 Å². The molecule has 0 N–H and O–H groups in total. The molecule has 0 aliphatic rings. The van der Waals surface area contributed by atoms with Crippen LogP contribution in [0, 0.1) is 0 Å². The molecule has 2 rings (SSSR count). The van der Waals surface area contributed by atoms with Crippen LogP contribution in [0.1, 0.15) is 19.2 Å². The van der Waals surface area contributed by atoms with Gasteiger partial charge in [0.15, 0.2) is 0 Å². The summed E-state index contributed by atoms with van der Waals surface area (Å²) in [5.74, 6) is 0.755. The summed E-state index contributed by atoms with van der Waals surface area (Å²) in [5.41, 5.74) is 0. The van der Waals surface area contributed by atoms with Crippen molar-refractivity contribution in [1.29, 1.82) is 0 Å². The molecule has 1 aromatic heterocycles. The van der Waals surface area contributed by atoms with Gasteiger partial charge in [0.05, 0.1) is 0 Å². The predicted molar refractivity (Wildman–Crippen MR) is 81.6 cm³/mol. The second kappa shape index (κ2) is 6.80. The lowest BCUT2D eigenvalue weighted by atomic mass is 10.3. The van der Waals surface area contributed by atoms with Crippen molar-refractivity contribution in [3.05, 3.63) is 45.3 Å². The second-order valence-corrected chi connectivity index (χ2v) is 6.26. The van der Waals surface area contributed by atoms with Gasteiger partial charge in [-0.2, -0.15) is 0 Å². The smallest absolute Gasteiger partial charge is 0.133 e. The van der Waals surface area contributed by atoms with Gasteiger partial charge >= 0.3 is 0 Å². The van der Waals surface area contributed by atoms with Gasteiger partial charge in [0, 0.05) is 27.4 Å². The Bertz CT molecular complexity index is 570. The predicted octanol–water partition coefficient (Wildman–Crippen LogP) is 5.54. The van der Waals surface area contributed by atoms with Crippen LogP contribution in [0.3, 0.4) is 0 Å². The molecule has 6 heteroatoms. The highest BCUT2D eigenvalue weighted by molar-refractivity contribution is 7.99. The molecular formula is C13H11Cl3N2S. The summed E-state index contributed by atoms with van der Waals surface area (Å²) >= 11 is 19.4. The molecule has 0 fully saturated rings. The van der Waals surface area contributed by atoms with Gasteiger partial charge < -0.3 is 0 Å². The molecule has 0 spiro atoms. The van der Waals surface area contributed by atoms with Crippen molar-refractivity contribution in [3.63, 3.8) is 0 Å². The van der Waals surface area contributed by atoms with Gasteiger partial charge in [-0.05, 0) is 24.6 Å². The number of aromatic nitrogens is 2. The SMILES string of the molecule is CCCc1nc(Cl)cc(Sc2cc(Cl)cc(Cl)c2)n1. The summed E-state index contributed by atoms with van der Waals surface area (Å²) in [4.78, 5) is 9.57. The normalized spacial score (nSPS) is 10.7. The fraction of sp³-hybridized carbons (Fsp3) is 0.231. The molecule has 0 aliphatic carbocycles. The average Bonchev–Trinajstić information content (AvgIpc) is 2.26. The van der Waals surface area contributed by atoms with Gasteiger partial charge in [-0.25, -0.2) is 9.97 Å². The molecule has 0 radical (unpaired) electrons. The molecule has 19 heavy (non-hydrogen) atoms. The van der Waals surface area contributed by atoms with E-state index < -0.39 is 0 Å². The summed E-state index contributed by atoms with van der Waals surface area (Å²) in [5, 5.41) is 2.45. The van der Waals surface area contributed by atoms with E-state index in [0.717, 1.165) is 28.6 Å². The fourth-order valence-corrected chi connectivity index (χ4v) is 3.39. The molecular weight excluding hydrogens is 323 g/mol. The number of aryl methyl sites for hydroxylation is 1. The van der Waals surface area contributed by atoms with Gasteiger partial charge in [0.2, 0.25) is 0 Å². The Labute approximate surface area is 131 Å². The van der Waals surface area contributed by atoms with Gasteiger partial charge in [-0.1, -0.05) is 53.5 Å². The molecule has 0 unspecified atom stereocenters. The maximum Gasteiger partial charge on any atom is 0.133 e. The Balaban J connectivity index is 2.27. The largest absolute Gasteiger partial charge is 0.226 e. The molecule has 2 aromatic rings. The summed E-state index contributed by atoms with van der Waals surface area (Å²) in [7, 11) is 0. The summed E-state index contributed by atoms with van der Waals surface area (Å²) in [6.45, 7) is 2.08. The quantitative estimate of drug-likeness (QED) is 0.687. The van der Waals surface area contributed by atoms with Crippen LogP contribution in [-0.4, -0.2) is 9.97 Å². The van der Waals surface area contributed by atoms with Crippen LogP contribution < -0.4 is 0 Å². The first kappa shape index (κ1) is 14.9. The summed E-state index contributed by atoms with van der Waals surface area (Å²) < 4.78 is 0. The Morgan fingerprint density at radius 2 is 1.68 bits per heavy atom. The third-order valence-corrected chi connectivity index (χ3v) is 3.77. The Morgan fingerprint density at radius 3 is 2.32 bits per heavy atom. The van der Waals surface area contributed by atoms with Crippen LogP contribution in [0.25, 0.3) is 0 Å². The molecule has 1 aromatic carbocycles. The van der Waals surface area contributed by atoms with Crippen molar-refractivity contribution in [2.75, 3.05) is 0 Å². The van der Waals surface area contributed by atoms with Gasteiger partial charge in [0.25, 0.3) is 0 Å². The van der Waals surface area contributed by atoms with E-state index in [1.807, 2.05) is 12.1 Å². The van der Waals surface area contributed by atoms with Crippen molar-refractivity contribution in [3.8, 4) is 0 Å². The molecule has 100 valence electrons. The first-order valence-corrected chi connectivity index (χ1v) is 7.69. The van der Waals surface area contributed by atoms with Crippen molar-refractivity contribution in [1.82, 2.24) is 9.97 Å². The topological polar surface area (TPSA) is 25.8 Å². The average molecular weight is 334 g/mol. The highest BCUT2D eigenvalue weighted by Gasteiger charge is 2.06. The molecule has 0 atom stereocenters. The first-order valence-electron chi connectivity index (χ1n) is 5.74. The zero-order chi connectivity index (χ0) is 13.8. The molecule has 0 aliphatic heterocycles. The summed E-state index contributed by atoms with van der Waals surface area (Å²) in [6.07, 6.45) is 1.79. The maximum atomic E-state index is 6.00.